The molecule has 4 heteroatoms. The Kier molecular flexibility index (Phi) is 8.59. The number of cyclic esters (lactones) is 1. The molecule has 25 heavy (non-hydrogen) atoms. The van der Waals surface area contributed by atoms with Gasteiger partial charge in [0.25, 0.3) is 0 Å². The van der Waals surface area contributed by atoms with Gasteiger partial charge in [-0.2, -0.15) is 0 Å². The van der Waals surface area contributed by atoms with E-state index in [1.54, 1.807) is 6.92 Å². The first-order valence-corrected chi connectivity index (χ1v) is 10.0. The maximum absolute atomic E-state index is 12.5. The second-order valence-electron chi connectivity index (χ2n) is 8.48. The van der Waals surface area contributed by atoms with Crippen LogP contribution in [-0.4, -0.2) is 29.1 Å². The Morgan fingerprint density at radius 3 is 2.16 bits per heavy atom. The van der Waals surface area contributed by atoms with Crippen molar-refractivity contribution >= 4 is 11.8 Å². The summed E-state index contributed by atoms with van der Waals surface area (Å²) >= 11 is 0. The predicted molar refractivity (Wildman–Crippen MR) is 100 cm³/mol. The van der Waals surface area contributed by atoms with E-state index < -0.39 is 12.0 Å². The molecule has 0 aromatic carbocycles. The molecule has 0 spiro atoms. The summed E-state index contributed by atoms with van der Waals surface area (Å²) in [6.07, 6.45) is 1.96. The van der Waals surface area contributed by atoms with Crippen LogP contribution in [0.3, 0.4) is 0 Å². The largest absolute Gasteiger partial charge is 0.462 e. The van der Waals surface area contributed by atoms with E-state index in [4.69, 9.17) is 4.74 Å². The van der Waals surface area contributed by atoms with Crippen molar-refractivity contribution < 1.29 is 19.4 Å². The van der Waals surface area contributed by atoms with Crippen molar-refractivity contribution in [3.8, 4) is 0 Å². The molecule has 1 aliphatic rings. The molecular formula is C21H38O4. The van der Waals surface area contributed by atoms with Crippen molar-refractivity contribution in [2.45, 2.75) is 86.4 Å². The van der Waals surface area contributed by atoms with Crippen molar-refractivity contribution in [1.29, 1.82) is 0 Å². The van der Waals surface area contributed by atoms with Crippen LogP contribution in [0.1, 0.15) is 74.1 Å². The molecule has 4 nitrogen and oxygen atoms in total. The molecule has 8 atom stereocenters. The van der Waals surface area contributed by atoms with Crippen molar-refractivity contribution in [3.63, 3.8) is 0 Å². The van der Waals surface area contributed by atoms with Crippen molar-refractivity contribution in [3.05, 3.63) is 0 Å². The lowest BCUT2D eigenvalue weighted by atomic mass is 9.76. The third-order valence-electron chi connectivity index (χ3n) is 6.58. The molecule has 1 saturated heterocycles. The quantitative estimate of drug-likeness (QED) is 0.715. The smallest absolute Gasteiger partial charge is 0.311 e. The van der Waals surface area contributed by atoms with Gasteiger partial charge in [0.05, 0.1) is 12.0 Å². The molecule has 0 saturated carbocycles. The van der Waals surface area contributed by atoms with Gasteiger partial charge in [0, 0.05) is 12.3 Å². The molecular weight excluding hydrogens is 316 g/mol. The Morgan fingerprint density at radius 2 is 1.60 bits per heavy atom. The van der Waals surface area contributed by atoms with Gasteiger partial charge in [-0.1, -0.05) is 41.5 Å². The molecule has 0 aromatic heterocycles. The molecule has 0 bridgehead atoms. The number of rotatable bonds is 1. The van der Waals surface area contributed by atoms with Crippen LogP contribution in [0, 0.1) is 35.5 Å². The second kappa shape index (κ2) is 9.70. The summed E-state index contributed by atoms with van der Waals surface area (Å²) < 4.78 is 5.72. The molecule has 146 valence electrons. The number of aliphatic hydroxyl groups is 1. The maximum Gasteiger partial charge on any atom is 0.311 e. The second-order valence-corrected chi connectivity index (χ2v) is 8.48. The molecule has 1 rings (SSSR count). The summed E-state index contributed by atoms with van der Waals surface area (Å²) in [6, 6.07) is 0. The summed E-state index contributed by atoms with van der Waals surface area (Å²) in [7, 11) is 0. The predicted octanol–water partition coefficient (Wildman–Crippen LogP) is 4.24. The Hall–Kier alpha value is -0.900. The molecule has 1 heterocycles. The minimum atomic E-state index is -0.727. The summed E-state index contributed by atoms with van der Waals surface area (Å²) in [5.74, 6) is 0.102. The van der Waals surface area contributed by atoms with Gasteiger partial charge in [0.1, 0.15) is 11.9 Å². The number of esters is 1. The summed E-state index contributed by atoms with van der Waals surface area (Å²) in [5.41, 5.74) is 0. The minimum absolute atomic E-state index is 0.00589. The Labute approximate surface area is 153 Å². The fraction of sp³-hybridized carbons (Fsp3) is 0.905. The van der Waals surface area contributed by atoms with E-state index in [2.05, 4.69) is 13.8 Å². The summed E-state index contributed by atoms with van der Waals surface area (Å²) in [6.45, 7) is 14.0. The van der Waals surface area contributed by atoms with Gasteiger partial charge in [-0.15, -0.1) is 0 Å². The highest BCUT2D eigenvalue weighted by atomic mass is 16.5. The van der Waals surface area contributed by atoms with Crippen LogP contribution in [0.4, 0.5) is 0 Å². The van der Waals surface area contributed by atoms with E-state index in [9.17, 15) is 14.7 Å². The van der Waals surface area contributed by atoms with Crippen LogP contribution in [0.5, 0.6) is 0 Å². The van der Waals surface area contributed by atoms with E-state index in [0.29, 0.717) is 18.1 Å². The van der Waals surface area contributed by atoms with E-state index in [1.165, 1.54) is 0 Å². The number of Topliss-reactive ketones (excluding diaryl/α,β-unsaturated/α-hetero) is 1. The number of carbonyl (C=O) groups excluding carboxylic acids is 2. The lowest BCUT2D eigenvalue weighted by molar-refractivity contribution is -0.162. The molecule has 1 fully saturated rings. The Bertz CT molecular complexity index is 447. The van der Waals surface area contributed by atoms with Gasteiger partial charge in [-0.3, -0.25) is 9.59 Å². The fourth-order valence-electron chi connectivity index (χ4n) is 4.00. The number of ketones is 1. The minimum Gasteiger partial charge on any atom is -0.462 e. The maximum atomic E-state index is 12.5. The highest BCUT2D eigenvalue weighted by molar-refractivity contribution is 5.80. The topological polar surface area (TPSA) is 63.6 Å². The van der Waals surface area contributed by atoms with Crippen molar-refractivity contribution in [2.75, 3.05) is 0 Å². The Morgan fingerprint density at radius 1 is 1.00 bits per heavy atom. The highest BCUT2D eigenvalue weighted by Crippen LogP contribution is 2.32. The number of carbonyl (C=O) groups is 2. The molecule has 1 aliphatic heterocycles. The number of hydrogen-bond donors (Lipinski definition) is 1. The zero-order valence-electron chi connectivity index (χ0n) is 17.1. The van der Waals surface area contributed by atoms with Crippen LogP contribution in [0.15, 0.2) is 0 Å². The highest BCUT2D eigenvalue weighted by Gasteiger charge is 2.35. The van der Waals surface area contributed by atoms with E-state index in [-0.39, 0.29) is 35.7 Å². The molecule has 0 amide bonds. The van der Waals surface area contributed by atoms with Gasteiger partial charge in [-0.05, 0) is 49.9 Å². The summed E-state index contributed by atoms with van der Waals surface area (Å²) in [5, 5.41) is 10.7. The zero-order chi connectivity index (χ0) is 19.3. The monoisotopic (exact) mass is 354 g/mol. The first kappa shape index (κ1) is 22.1. The van der Waals surface area contributed by atoms with Crippen LogP contribution < -0.4 is 0 Å². The standard InChI is InChI=1S/C21H38O4/c1-8-19-14(4)11-13(3)18(22)10-9-12(2)15(5)16(6)20(23)17(7)21(24)25-19/h12-17,19-20,23H,8-11H2,1-7H3. The van der Waals surface area contributed by atoms with Gasteiger partial charge in [0.2, 0.25) is 0 Å². The first-order valence-electron chi connectivity index (χ1n) is 10.0. The first-order chi connectivity index (χ1) is 11.6. The molecule has 0 aliphatic carbocycles. The Balaban J connectivity index is 3.04. The molecule has 1 N–H and O–H groups in total. The van der Waals surface area contributed by atoms with Gasteiger partial charge in [-0.25, -0.2) is 0 Å². The average molecular weight is 355 g/mol. The van der Waals surface area contributed by atoms with Crippen molar-refractivity contribution in [2.24, 2.45) is 35.5 Å². The van der Waals surface area contributed by atoms with Crippen molar-refractivity contribution in [1.82, 2.24) is 0 Å². The van der Waals surface area contributed by atoms with E-state index in [1.807, 2.05) is 27.7 Å². The zero-order valence-corrected chi connectivity index (χ0v) is 17.1. The van der Waals surface area contributed by atoms with Gasteiger partial charge >= 0.3 is 5.97 Å². The normalized spacial score (nSPS) is 42.6. The van der Waals surface area contributed by atoms with Gasteiger partial charge < -0.3 is 9.84 Å². The third kappa shape index (κ3) is 5.80. The number of hydrogen-bond acceptors (Lipinski definition) is 4. The van der Waals surface area contributed by atoms with E-state index >= 15 is 0 Å². The molecule has 0 aromatic rings. The molecule has 8 unspecified atom stereocenters. The summed E-state index contributed by atoms with van der Waals surface area (Å²) in [4.78, 5) is 25.0. The number of aliphatic hydroxyl groups excluding tert-OH is 1. The lowest BCUT2D eigenvalue weighted by Crippen LogP contribution is -2.39. The molecule has 0 radical (unpaired) electrons. The van der Waals surface area contributed by atoms with Crippen LogP contribution in [0.25, 0.3) is 0 Å². The SMILES string of the molecule is CCC1OC(=O)C(C)C(O)C(C)C(C)C(C)CCC(=O)C(C)CC1C. The van der Waals surface area contributed by atoms with E-state index in [0.717, 1.165) is 19.3 Å². The van der Waals surface area contributed by atoms with Crippen LogP contribution in [-0.2, 0) is 14.3 Å². The third-order valence-corrected chi connectivity index (χ3v) is 6.58. The number of ether oxygens (including phenoxy) is 1. The van der Waals surface area contributed by atoms with Crippen LogP contribution in [0.2, 0.25) is 0 Å². The van der Waals surface area contributed by atoms with Gasteiger partial charge in [0.15, 0.2) is 0 Å². The lowest BCUT2D eigenvalue weighted by Gasteiger charge is -2.34. The average Bonchev–Trinajstić information content (AvgIpc) is 2.59. The fourth-order valence-corrected chi connectivity index (χ4v) is 4.00. The van der Waals surface area contributed by atoms with Crippen LogP contribution >= 0.6 is 0 Å².